The first-order valence-corrected chi connectivity index (χ1v) is 8.93. The van der Waals surface area contributed by atoms with Gasteiger partial charge < -0.3 is 0 Å². The molecule has 0 aromatic heterocycles. The van der Waals surface area contributed by atoms with Crippen LogP contribution in [0.15, 0.2) is 84.9 Å². The van der Waals surface area contributed by atoms with Gasteiger partial charge in [-0.15, -0.1) is 0 Å². The normalized spacial score (nSPS) is 11.0. The second kappa shape index (κ2) is 6.50. The number of hydrogen-bond acceptors (Lipinski definition) is 2. The highest BCUT2D eigenvalue weighted by atomic mass is 32.2. The lowest BCUT2D eigenvalue weighted by Crippen LogP contribution is -1.95. The van der Waals surface area contributed by atoms with Crippen molar-refractivity contribution in [3.05, 3.63) is 96.1 Å². The lowest BCUT2D eigenvalue weighted by atomic mass is 9.98. The summed E-state index contributed by atoms with van der Waals surface area (Å²) in [7, 11) is 0. The number of thioether (sulfide) groups is 1. The standard InChI is InChI=1S/C22H16OS/c23-22(16-8-2-1-3-9-16)24-15-21-19-12-6-4-10-17(19)14-18-11-5-7-13-20(18)21/h1-14H,15H2. The van der Waals surface area contributed by atoms with Crippen LogP contribution >= 0.6 is 11.8 Å². The Hall–Kier alpha value is -2.58. The van der Waals surface area contributed by atoms with Gasteiger partial charge in [-0.2, -0.15) is 0 Å². The molecule has 0 N–H and O–H groups in total. The number of benzene rings is 4. The molecule has 4 aromatic carbocycles. The number of fused-ring (bicyclic) bond motifs is 2. The maximum absolute atomic E-state index is 12.5. The third-order valence-electron chi connectivity index (χ3n) is 4.24. The van der Waals surface area contributed by atoms with Gasteiger partial charge in [-0.1, -0.05) is 90.6 Å². The summed E-state index contributed by atoms with van der Waals surface area (Å²) in [6, 6.07) is 28.5. The van der Waals surface area contributed by atoms with Gasteiger partial charge >= 0.3 is 0 Å². The summed E-state index contributed by atoms with van der Waals surface area (Å²) in [6.07, 6.45) is 0. The van der Waals surface area contributed by atoms with E-state index in [2.05, 4.69) is 54.6 Å². The first kappa shape index (κ1) is 15.0. The van der Waals surface area contributed by atoms with E-state index in [-0.39, 0.29) is 5.12 Å². The van der Waals surface area contributed by atoms with Gasteiger partial charge in [-0.25, -0.2) is 0 Å². The van der Waals surface area contributed by atoms with Crippen LogP contribution in [-0.4, -0.2) is 5.12 Å². The molecule has 0 aliphatic rings. The predicted octanol–water partition coefficient (Wildman–Crippen LogP) is 6.07. The Labute approximate surface area is 145 Å². The zero-order valence-electron chi connectivity index (χ0n) is 13.1. The molecule has 0 heterocycles. The van der Waals surface area contributed by atoms with Gasteiger partial charge in [-0.3, -0.25) is 4.79 Å². The molecule has 0 aliphatic heterocycles. The smallest absolute Gasteiger partial charge is 0.219 e. The highest BCUT2D eigenvalue weighted by Gasteiger charge is 2.11. The molecule has 0 aliphatic carbocycles. The van der Waals surface area contributed by atoms with Gasteiger partial charge in [0.15, 0.2) is 0 Å². The number of carbonyl (C=O) groups is 1. The Morgan fingerprint density at radius 3 is 1.88 bits per heavy atom. The van der Waals surface area contributed by atoms with Crippen LogP contribution < -0.4 is 0 Å². The van der Waals surface area contributed by atoms with Gasteiger partial charge in [0.25, 0.3) is 0 Å². The number of rotatable bonds is 3. The maximum Gasteiger partial charge on any atom is 0.219 e. The highest BCUT2D eigenvalue weighted by Crippen LogP contribution is 2.32. The maximum atomic E-state index is 12.5. The Morgan fingerprint density at radius 1 is 0.708 bits per heavy atom. The Balaban J connectivity index is 1.75. The lowest BCUT2D eigenvalue weighted by molar-refractivity contribution is 0.108. The molecule has 0 saturated heterocycles. The molecule has 0 unspecified atom stereocenters. The molecule has 116 valence electrons. The first-order chi connectivity index (χ1) is 11.8. The molecule has 2 heteroatoms. The van der Waals surface area contributed by atoms with Gasteiger partial charge in [0.05, 0.1) is 0 Å². The van der Waals surface area contributed by atoms with Crippen LogP contribution in [0, 0.1) is 0 Å². The molecule has 4 aromatic rings. The molecule has 1 nitrogen and oxygen atoms in total. The van der Waals surface area contributed by atoms with Crippen molar-refractivity contribution < 1.29 is 4.79 Å². The van der Waals surface area contributed by atoms with Crippen molar-refractivity contribution in [2.45, 2.75) is 5.75 Å². The molecule has 4 rings (SSSR count). The fourth-order valence-corrected chi connectivity index (χ4v) is 3.95. The van der Waals surface area contributed by atoms with Crippen molar-refractivity contribution in [3.8, 4) is 0 Å². The highest BCUT2D eigenvalue weighted by molar-refractivity contribution is 8.13. The molecule has 0 saturated carbocycles. The second-order valence-corrected chi connectivity index (χ2v) is 6.69. The third-order valence-corrected chi connectivity index (χ3v) is 5.17. The Morgan fingerprint density at radius 2 is 1.25 bits per heavy atom. The summed E-state index contributed by atoms with van der Waals surface area (Å²) in [6.45, 7) is 0. The van der Waals surface area contributed by atoms with E-state index in [1.54, 1.807) is 0 Å². The number of carbonyl (C=O) groups excluding carboxylic acids is 1. The summed E-state index contributed by atoms with van der Waals surface area (Å²) in [4.78, 5) is 12.5. The average molecular weight is 328 g/mol. The Kier molecular flexibility index (Phi) is 4.06. The summed E-state index contributed by atoms with van der Waals surface area (Å²) in [5, 5.41) is 5.01. The summed E-state index contributed by atoms with van der Waals surface area (Å²) in [5.41, 5.74) is 1.99. The predicted molar refractivity (Wildman–Crippen MR) is 104 cm³/mol. The van der Waals surface area contributed by atoms with Gasteiger partial charge in [-0.05, 0) is 33.2 Å². The van der Waals surface area contributed by atoms with Crippen LogP contribution in [0.25, 0.3) is 21.5 Å². The van der Waals surface area contributed by atoms with E-state index in [1.807, 2.05) is 30.3 Å². The fourth-order valence-electron chi connectivity index (χ4n) is 3.06. The van der Waals surface area contributed by atoms with Crippen molar-refractivity contribution in [2.24, 2.45) is 0 Å². The van der Waals surface area contributed by atoms with E-state index in [1.165, 1.54) is 38.9 Å². The fraction of sp³-hybridized carbons (Fsp3) is 0.0455. The molecule has 0 amide bonds. The average Bonchev–Trinajstić information content (AvgIpc) is 2.65. The summed E-state index contributed by atoms with van der Waals surface area (Å²) >= 11 is 1.37. The van der Waals surface area contributed by atoms with E-state index in [0.29, 0.717) is 5.75 Å². The summed E-state index contributed by atoms with van der Waals surface area (Å²) < 4.78 is 0. The van der Waals surface area contributed by atoms with E-state index < -0.39 is 0 Å². The van der Waals surface area contributed by atoms with Crippen LogP contribution in [0.1, 0.15) is 15.9 Å². The van der Waals surface area contributed by atoms with Crippen LogP contribution in [0.4, 0.5) is 0 Å². The van der Waals surface area contributed by atoms with Gasteiger partial charge in [0, 0.05) is 11.3 Å². The third kappa shape index (κ3) is 2.81. The number of hydrogen-bond donors (Lipinski definition) is 0. The van der Waals surface area contributed by atoms with Crippen molar-refractivity contribution in [2.75, 3.05) is 0 Å². The zero-order valence-corrected chi connectivity index (χ0v) is 13.9. The van der Waals surface area contributed by atoms with E-state index >= 15 is 0 Å². The van der Waals surface area contributed by atoms with E-state index in [0.717, 1.165) is 5.56 Å². The molecular weight excluding hydrogens is 312 g/mol. The minimum absolute atomic E-state index is 0.118. The minimum Gasteiger partial charge on any atom is -0.282 e. The monoisotopic (exact) mass is 328 g/mol. The van der Waals surface area contributed by atoms with Gasteiger partial charge in [0.1, 0.15) is 0 Å². The molecule has 0 atom stereocenters. The largest absolute Gasteiger partial charge is 0.282 e. The van der Waals surface area contributed by atoms with Crippen LogP contribution in [0.2, 0.25) is 0 Å². The van der Waals surface area contributed by atoms with Crippen molar-refractivity contribution in [1.82, 2.24) is 0 Å². The molecule has 24 heavy (non-hydrogen) atoms. The minimum atomic E-state index is 0.118. The quantitative estimate of drug-likeness (QED) is 0.425. The first-order valence-electron chi connectivity index (χ1n) is 7.94. The molecule has 0 radical (unpaired) electrons. The van der Waals surface area contributed by atoms with Gasteiger partial charge in [0.2, 0.25) is 5.12 Å². The zero-order chi connectivity index (χ0) is 16.4. The van der Waals surface area contributed by atoms with E-state index in [4.69, 9.17) is 0 Å². The lowest BCUT2D eigenvalue weighted by Gasteiger charge is -2.11. The second-order valence-electron chi connectivity index (χ2n) is 5.74. The SMILES string of the molecule is O=C(SCc1c2ccccc2cc2ccccc12)c1ccccc1. The molecule has 0 spiro atoms. The molecule has 0 bridgehead atoms. The molecular formula is C22H16OS. The van der Waals surface area contributed by atoms with E-state index in [9.17, 15) is 4.79 Å². The van der Waals surface area contributed by atoms with Crippen molar-refractivity contribution >= 4 is 38.4 Å². The Bertz CT molecular complexity index is 968. The molecule has 0 fully saturated rings. The van der Waals surface area contributed by atoms with Crippen LogP contribution in [0.5, 0.6) is 0 Å². The van der Waals surface area contributed by atoms with Crippen molar-refractivity contribution in [3.63, 3.8) is 0 Å². The summed E-state index contributed by atoms with van der Waals surface area (Å²) in [5.74, 6) is 0.676. The van der Waals surface area contributed by atoms with Crippen LogP contribution in [-0.2, 0) is 5.75 Å². The van der Waals surface area contributed by atoms with Crippen molar-refractivity contribution in [1.29, 1.82) is 0 Å². The van der Waals surface area contributed by atoms with Crippen LogP contribution in [0.3, 0.4) is 0 Å². The topological polar surface area (TPSA) is 17.1 Å².